The van der Waals surface area contributed by atoms with Gasteiger partial charge in [0.05, 0.1) is 6.10 Å². The van der Waals surface area contributed by atoms with Crippen molar-refractivity contribution in [3.63, 3.8) is 0 Å². The molecule has 0 amide bonds. The Morgan fingerprint density at radius 3 is 1.89 bits per heavy atom. The number of Topliss-reactive ketones (excluding diaryl/α,β-unsaturated/α-hetero) is 1. The van der Waals surface area contributed by atoms with E-state index in [1.807, 2.05) is 36.4 Å². The zero-order chi connectivity index (χ0) is 24.6. The summed E-state index contributed by atoms with van der Waals surface area (Å²) in [5, 5.41) is 18.5. The third-order valence-corrected chi connectivity index (χ3v) is 6.51. The summed E-state index contributed by atoms with van der Waals surface area (Å²) < 4.78 is 6.60. The Kier molecular flexibility index (Phi) is 8.42. The molecule has 6 heteroatoms. The van der Waals surface area contributed by atoms with Crippen molar-refractivity contribution >= 4 is 11.8 Å². The lowest BCUT2D eigenvalue weighted by atomic mass is 10.00. The van der Waals surface area contributed by atoms with Crippen molar-refractivity contribution in [3.05, 3.63) is 107 Å². The molecule has 1 fully saturated rings. The smallest absolute Gasteiger partial charge is 0.337 e. The second-order valence-corrected chi connectivity index (χ2v) is 8.91. The summed E-state index contributed by atoms with van der Waals surface area (Å²) in [6.45, 7) is 2.42. The number of aliphatic carboxylic acids is 1. The topological polar surface area (TPSA) is 87.1 Å². The molecule has 1 unspecified atom stereocenters. The zero-order valence-corrected chi connectivity index (χ0v) is 19.6. The van der Waals surface area contributed by atoms with Crippen molar-refractivity contribution in [1.82, 2.24) is 4.90 Å². The molecule has 0 saturated carbocycles. The van der Waals surface area contributed by atoms with E-state index >= 15 is 0 Å². The maximum absolute atomic E-state index is 12.6. The van der Waals surface area contributed by atoms with Crippen molar-refractivity contribution in [2.45, 2.75) is 37.6 Å². The minimum atomic E-state index is -1.58. The summed E-state index contributed by atoms with van der Waals surface area (Å²) in [5.74, 6) is -1.30. The van der Waals surface area contributed by atoms with Crippen LogP contribution in [0, 0.1) is 0 Å². The molecule has 0 aliphatic carbocycles. The largest absolute Gasteiger partial charge is 0.479 e. The van der Waals surface area contributed by atoms with Gasteiger partial charge in [0, 0.05) is 31.6 Å². The molecule has 35 heavy (non-hydrogen) atoms. The number of rotatable bonds is 10. The molecule has 0 aromatic heterocycles. The van der Waals surface area contributed by atoms with Crippen LogP contribution < -0.4 is 0 Å². The van der Waals surface area contributed by atoms with E-state index < -0.39 is 12.1 Å². The number of carbonyl (C=O) groups is 2. The number of likely N-dealkylation sites (tertiary alicyclic amines) is 1. The minimum absolute atomic E-state index is 0.00737. The predicted molar refractivity (Wildman–Crippen MR) is 133 cm³/mol. The van der Waals surface area contributed by atoms with Crippen LogP contribution in [0.25, 0.3) is 0 Å². The zero-order valence-electron chi connectivity index (χ0n) is 19.6. The Bertz CT molecular complexity index is 1050. The number of piperidine rings is 1. The second-order valence-electron chi connectivity index (χ2n) is 8.91. The monoisotopic (exact) mass is 473 g/mol. The molecule has 182 valence electrons. The van der Waals surface area contributed by atoms with Gasteiger partial charge in [-0.05, 0) is 29.5 Å². The van der Waals surface area contributed by atoms with E-state index in [1.54, 1.807) is 12.1 Å². The molecule has 1 heterocycles. The average Bonchev–Trinajstić information content (AvgIpc) is 2.91. The van der Waals surface area contributed by atoms with Crippen molar-refractivity contribution in [1.29, 1.82) is 0 Å². The first-order valence-corrected chi connectivity index (χ1v) is 12.0. The molecule has 1 atom stereocenters. The van der Waals surface area contributed by atoms with Gasteiger partial charge >= 0.3 is 5.97 Å². The van der Waals surface area contributed by atoms with Crippen LogP contribution >= 0.6 is 0 Å². The molecule has 1 aliphatic heterocycles. The number of aliphatic hydroxyl groups is 1. The third-order valence-electron chi connectivity index (χ3n) is 6.51. The molecule has 3 aromatic rings. The van der Waals surface area contributed by atoms with E-state index in [0.717, 1.165) is 37.1 Å². The second kappa shape index (κ2) is 11.9. The van der Waals surface area contributed by atoms with Crippen molar-refractivity contribution < 1.29 is 24.5 Å². The molecule has 1 saturated heterocycles. The normalized spacial score (nSPS) is 15.7. The van der Waals surface area contributed by atoms with E-state index in [2.05, 4.69) is 29.2 Å². The van der Waals surface area contributed by atoms with Crippen LogP contribution in [0.3, 0.4) is 0 Å². The number of carbonyl (C=O) groups excluding carboxylic acids is 1. The number of aliphatic hydroxyl groups excluding tert-OH is 1. The van der Waals surface area contributed by atoms with Crippen LogP contribution in [0.4, 0.5) is 0 Å². The Hall–Kier alpha value is -3.32. The van der Waals surface area contributed by atoms with Crippen molar-refractivity contribution in [2.24, 2.45) is 0 Å². The summed E-state index contributed by atoms with van der Waals surface area (Å²) in [4.78, 5) is 25.8. The van der Waals surface area contributed by atoms with Crippen LogP contribution in [0.2, 0.25) is 0 Å². The lowest BCUT2D eigenvalue weighted by molar-refractivity contribution is -0.146. The molecule has 3 aromatic carbocycles. The molecule has 2 N–H and O–H groups in total. The minimum Gasteiger partial charge on any atom is -0.479 e. The van der Waals surface area contributed by atoms with Crippen LogP contribution in [-0.2, 0) is 9.53 Å². The lowest BCUT2D eigenvalue weighted by Crippen LogP contribution is -2.38. The Labute approximate surface area is 205 Å². The van der Waals surface area contributed by atoms with Crippen LogP contribution in [0.1, 0.15) is 58.5 Å². The standard InChI is InChI=1S/C29H31NO5/c31-26(21-11-13-22(14-12-21)27(32)29(33)34)17-20-30-18-15-25(16-19-30)35-28(23-7-3-1-4-8-23)24-9-5-2-6-10-24/h1-14,25,27-28,32H,15-20H2,(H,33,34). The number of hydrogen-bond acceptors (Lipinski definition) is 5. The van der Waals surface area contributed by atoms with Crippen LogP contribution in [0.5, 0.6) is 0 Å². The number of ether oxygens (including phenoxy) is 1. The van der Waals surface area contributed by atoms with E-state index in [-0.39, 0.29) is 23.6 Å². The molecule has 0 radical (unpaired) electrons. The average molecular weight is 474 g/mol. The highest BCUT2D eigenvalue weighted by Crippen LogP contribution is 2.30. The number of benzene rings is 3. The first kappa shape index (κ1) is 24.8. The fourth-order valence-corrected chi connectivity index (χ4v) is 4.46. The van der Waals surface area contributed by atoms with Gasteiger partial charge in [-0.1, -0.05) is 84.9 Å². The third kappa shape index (κ3) is 6.63. The number of nitrogens with zero attached hydrogens (tertiary/aromatic N) is 1. The first-order valence-electron chi connectivity index (χ1n) is 12.0. The van der Waals surface area contributed by atoms with Crippen LogP contribution in [0.15, 0.2) is 84.9 Å². The summed E-state index contributed by atoms with van der Waals surface area (Å²) in [6, 6.07) is 26.7. The molecule has 1 aliphatic rings. The van der Waals surface area contributed by atoms with Gasteiger partial charge in [-0.2, -0.15) is 0 Å². The van der Waals surface area contributed by atoms with Gasteiger partial charge in [0.15, 0.2) is 11.9 Å². The SMILES string of the molecule is O=C(CCN1CCC(OC(c2ccccc2)c2ccccc2)CC1)c1ccc(C(O)C(=O)O)cc1. The summed E-state index contributed by atoms with van der Waals surface area (Å²) in [6.07, 6.45) is 0.686. The van der Waals surface area contributed by atoms with Crippen molar-refractivity contribution in [3.8, 4) is 0 Å². The number of carboxylic acids is 1. The van der Waals surface area contributed by atoms with Gasteiger partial charge < -0.3 is 19.8 Å². The highest BCUT2D eigenvalue weighted by molar-refractivity contribution is 5.96. The number of carboxylic acid groups (broad SMARTS) is 1. The molecular weight excluding hydrogens is 442 g/mol. The van der Waals surface area contributed by atoms with E-state index in [1.165, 1.54) is 12.1 Å². The maximum Gasteiger partial charge on any atom is 0.337 e. The fourth-order valence-electron chi connectivity index (χ4n) is 4.46. The fraction of sp³-hybridized carbons (Fsp3) is 0.310. The van der Waals surface area contributed by atoms with E-state index in [9.17, 15) is 14.7 Å². The molecule has 6 nitrogen and oxygen atoms in total. The summed E-state index contributed by atoms with van der Waals surface area (Å²) in [7, 11) is 0. The highest BCUT2D eigenvalue weighted by Gasteiger charge is 2.25. The van der Waals surface area contributed by atoms with Gasteiger partial charge in [-0.3, -0.25) is 4.79 Å². The van der Waals surface area contributed by atoms with Crippen molar-refractivity contribution in [2.75, 3.05) is 19.6 Å². The van der Waals surface area contributed by atoms with E-state index in [0.29, 0.717) is 18.5 Å². The molecule has 4 rings (SSSR count). The lowest BCUT2D eigenvalue weighted by Gasteiger charge is -2.34. The predicted octanol–water partition coefficient (Wildman–Crippen LogP) is 4.65. The Morgan fingerprint density at radius 2 is 1.37 bits per heavy atom. The summed E-state index contributed by atoms with van der Waals surface area (Å²) in [5.41, 5.74) is 3.08. The Balaban J connectivity index is 1.28. The van der Waals surface area contributed by atoms with Gasteiger partial charge in [0.25, 0.3) is 0 Å². The van der Waals surface area contributed by atoms with Gasteiger partial charge in [-0.15, -0.1) is 0 Å². The number of hydrogen-bond donors (Lipinski definition) is 2. The van der Waals surface area contributed by atoms with Crippen LogP contribution in [-0.4, -0.2) is 52.6 Å². The quantitative estimate of drug-likeness (QED) is 0.417. The first-order chi connectivity index (χ1) is 17.0. The highest BCUT2D eigenvalue weighted by atomic mass is 16.5. The van der Waals surface area contributed by atoms with Gasteiger partial charge in [0.2, 0.25) is 0 Å². The maximum atomic E-state index is 12.6. The van der Waals surface area contributed by atoms with E-state index in [4.69, 9.17) is 9.84 Å². The molecule has 0 spiro atoms. The molecular formula is C29H31NO5. The van der Waals surface area contributed by atoms with Gasteiger partial charge in [-0.25, -0.2) is 4.79 Å². The molecule has 0 bridgehead atoms. The Morgan fingerprint density at radius 1 is 0.829 bits per heavy atom. The van der Waals surface area contributed by atoms with Gasteiger partial charge in [0.1, 0.15) is 6.10 Å². The summed E-state index contributed by atoms with van der Waals surface area (Å²) >= 11 is 0. The number of ketones is 1.